The van der Waals surface area contributed by atoms with Crippen molar-refractivity contribution in [3.05, 3.63) is 29.3 Å². The number of anilines is 1. The molecule has 1 rings (SSSR count). The summed E-state index contributed by atoms with van der Waals surface area (Å²) < 4.78 is 0. The third-order valence-electron chi connectivity index (χ3n) is 2.25. The molecule has 0 saturated heterocycles. The Morgan fingerprint density at radius 1 is 1.33 bits per heavy atom. The maximum atomic E-state index is 8.94. The zero-order valence-corrected chi connectivity index (χ0v) is 9.30. The van der Waals surface area contributed by atoms with Crippen LogP contribution in [0.5, 0.6) is 0 Å². The molecule has 80 valence electrons. The summed E-state index contributed by atoms with van der Waals surface area (Å²) in [7, 11) is 0. The molecule has 0 heterocycles. The maximum absolute atomic E-state index is 8.94. The molecular formula is C12H17N3. The lowest BCUT2D eigenvalue weighted by Gasteiger charge is -2.11. The molecule has 0 spiro atoms. The zero-order valence-electron chi connectivity index (χ0n) is 9.30. The van der Waals surface area contributed by atoms with E-state index in [4.69, 9.17) is 5.26 Å². The molecule has 0 bridgehead atoms. The van der Waals surface area contributed by atoms with Gasteiger partial charge in [0.1, 0.15) is 6.07 Å². The van der Waals surface area contributed by atoms with Crippen molar-refractivity contribution < 1.29 is 0 Å². The first-order valence-electron chi connectivity index (χ1n) is 5.24. The van der Waals surface area contributed by atoms with Crippen LogP contribution in [-0.4, -0.2) is 19.6 Å². The van der Waals surface area contributed by atoms with Gasteiger partial charge in [-0.3, -0.25) is 0 Å². The standard InChI is InChI=1S/C12H17N3/c1-3-14-7-8-15-12-10(2)5-4-6-11(12)9-13/h4-6,14-15H,3,7-8H2,1-2H3. The van der Waals surface area contributed by atoms with Crippen molar-refractivity contribution in [3.63, 3.8) is 0 Å². The van der Waals surface area contributed by atoms with Gasteiger partial charge in [0.2, 0.25) is 0 Å². The number of likely N-dealkylation sites (N-methyl/N-ethyl adjacent to an activating group) is 1. The van der Waals surface area contributed by atoms with E-state index in [0.29, 0.717) is 5.56 Å². The Morgan fingerprint density at radius 2 is 2.13 bits per heavy atom. The van der Waals surface area contributed by atoms with Gasteiger partial charge in [0.05, 0.1) is 11.3 Å². The number of rotatable bonds is 5. The maximum Gasteiger partial charge on any atom is 0.101 e. The molecule has 0 aromatic heterocycles. The molecule has 0 aliphatic heterocycles. The van der Waals surface area contributed by atoms with Crippen molar-refractivity contribution >= 4 is 5.69 Å². The predicted octanol–water partition coefficient (Wildman–Crippen LogP) is 1.89. The SMILES string of the molecule is CCNCCNc1c(C)cccc1C#N. The molecule has 15 heavy (non-hydrogen) atoms. The summed E-state index contributed by atoms with van der Waals surface area (Å²) >= 11 is 0. The number of para-hydroxylation sites is 1. The molecular weight excluding hydrogens is 186 g/mol. The second-order valence-corrected chi connectivity index (χ2v) is 3.39. The highest BCUT2D eigenvalue weighted by molar-refractivity contribution is 5.62. The first-order valence-corrected chi connectivity index (χ1v) is 5.24. The minimum atomic E-state index is 0.714. The Bertz CT molecular complexity index is 352. The highest BCUT2D eigenvalue weighted by Gasteiger charge is 2.03. The van der Waals surface area contributed by atoms with Crippen LogP contribution >= 0.6 is 0 Å². The van der Waals surface area contributed by atoms with Crippen molar-refractivity contribution in [3.8, 4) is 6.07 Å². The Labute approximate surface area is 91.1 Å². The minimum absolute atomic E-state index is 0.714. The van der Waals surface area contributed by atoms with Gasteiger partial charge in [0.25, 0.3) is 0 Å². The minimum Gasteiger partial charge on any atom is -0.382 e. The quantitative estimate of drug-likeness (QED) is 0.718. The van der Waals surface area contributed by atoms with Gasteiger partial charge in [0.15, 0.2) is 0 Å². The summed E-state index contributed by atoms with van der Waals surface area (Å²) in [6, 6.07) is 7.95. The number of hydrogen-bond donors (Lipinski definition) is 2. The first kappa shape index (κ1) is 11.5. The molecule has 0 atom stereocenters. The van der Waals surface area contributed by atoms with Crippen molar-refractivity contribution in [2.24, 2.45) is 0 Å². The topological polar surface area (TPSA) is 47.8 Å². The fourth-order valence-electron chi connectivity index (χ4n) is 1.45. The van der Waals surface area contributed by atoms with Crippen molar-refractivity contribution in [1.29, 1.82) is 5.26 Å². The molecule has 3 heteroatoms. The van der Waals surface area contributed by atoms with Crippen LogP contribution < -0.4 is 10.6 Å². The van der Waals surface area contributed by atoms with Gasteiger partial charge < -0.3 is 10.6 Å². The molecule has 0 aliphatic rings. The van der Waals surface area contributed by atoms with Crippen LogP contribution in [0.15, 0.2) is 18.2 Å². The molecule has 3 nitrogen and oxygen atoms in total. The molecule has 0 radical (unpaired) electrons. The molecule has 2 N–H and O–H groups in total. The van der Waals surface area contributed by atoms with E-state index in [1.165, 1.54) is 0 Å². The number of hydrogen-bond acceptors (Lipinski definition) is 3. The lowest BCUT2D eigenvalue weighted by atomic mass is 10.1. The van der Waals surface area contributed by atoms with E-state index in [-0.39, 0.29) is 0 Å². The predicted molar refractivity (Wildman–Crippen MR) is 62.9 cm³/mol. The van der Waals surface area contributed by atoms with Crippen LogP contribution in [0.4, 0.5) is 5.69 Å². The van der Waals surface area contributed by atoms with Crippen molar-refractivity contribution in [2.75, 3.05) is 25.0 Å². The van der Waals surface area contributed by atoms with Crippen LogP contribution in [0.2, 0.25) is 0 Å². The number of aryl methyl sites for hydroxylation is 1. The number of nitrogens with one attached hydrogen (secondary N) is 2. The van der Waals surface area contributed by atoms with Crippen molar-refractivity contribution in [2.45, 2.75) is 13.8 Å². The molecule has 0 unspecified atom stereocenters. The van der Waals surface area contributed by atoms with Gasteiger partial charge in [-0.1, -0.05) is 19.1 Å². The third-order valence-corrected chi connectivity index (χ3v) is 2.25. The highest BCUT2D eigenvalue weighted by atomic mass is 14.9. The molecule has 1 aromatic carbocycles. The summed E-state index contributed by atoms with van der Waals surface area (Å²) in [5.41, 5.74) is 2.79. The summed E-state index contributed by atoms with van der Waals surface area (Å²) in [5, 5.41) is 15.5. The van der Waals surface area contributed by atoms with Crippen LogP contribution in [0.3, 0.4) is 0 Å². The summed E-state index contributed by atoms with van der Waals surface area (Å²) in [6.07, 6.45) is 0. The van der Waals surface area contributed by atoms with E-state index in [2.05, 4.69) is 23.6 Å². The van der Waals surface area contributed by atoms with Gasteiger partial charge in [-0.25, -0.2) is 0 Å². The van der Waals surface area contributed by atoms with Crippen LogP contribution in [-0.2, 0) is 0 Å². The average molecular weight is 203 g/mol. The summed E-state index contributed by atoms with van der Waals surface area (Å²) in [4.78, 5) is 0. The lowest BCUT2D eigenvalue weighted by Crippen LogP contribution is -2.22. The Balaban J connectivity index is 2.63. The third kappa shape index (κ3) is 3.26. The van der Waals surface area contributed by atoms with Gasteiger partial charge in [0, 0.05) is 13.1 Å². The van der Waals surface area contributed by atoms with E-state index < -0.39 is 0 Å². The monoisotopic (exact) mass is 203 g/mol. The van der Waals surface area contributed by atoms with Gasteiger partial charge in [-0.05, 0) is 25.1 Å². The Hall–Kier alpha value is -1.53. The van der Waals surface area contributed by atoms with E-state index in [1.807, 2.05) is 25.1 Å². The fraction of sp³-hybridized carbons (Fsp3) is 0.417. The van der Waals surface area contributed by atoms with Crippen LogP contribution in [0.1, 0.15) is 18.1 Å². The largest absolute Gasteiger partial charge is 0.382 e. The van der Waals surface area contributed by atoms with E-state index in [1.54, 1.807) is 0 Å². The number of benzene rings is 1. The van der Waals surface area contributed by atoms with Crippen molar-refractivity contribution in [1.82, 2.24) is 5.32 Å². The average Bonchev–Trinajstić information content (AvgIpc) is 2.26. The van der Waals surface area contributed by atoms with Crippen LogP contribution in [0.25, 0.3) is 0 Å². The molecule has 0 fully saturated rings. The second-order valence-electron chi connectivity index (χ2n) is 3.39. The second kappa shape index (κ2) is 6.05. The van der Waals surface area contributed by atoms with E-state index >= 15 is 0 Å². The smallest absolute Gasteiger partial charge is 0.101 e. The fourth-order valence-corrected chi connectivity index (χ4v) is 1.45. The first-order chi connectivity index (χ1) is 7.29. The highest BCUT2D eigenvalue weighted by Crippen LogP contribution is 2.18. The number of nitriles is 1. The van der Waals surface area contributed by atoms with Gasteiger partial charge >= 0.3 is 0 Å². The van der Waals surface area contributed by atoms with E-state index in [0.717, 1.165) is 30.9 Å². The molecule has 0 saturated carbocycles. The Kier molecular flexibility index (Phi) is 4.65. The van der Waals surface area contributed by atoms with Gasteiger partial charge in [-0.15, -0.1) is 0 Å². The van der Waals surface area contributed by atoms with E-state index in [9.17, 15) is 0 Å². The molecule has 0 aliphatic carbocycles. The molecule has 0 amide bonds. The summed E-state index contributed by atoms with van der Waals surface area (Å²) in [5.74, 6) is 0. The van der Waals surface area contributed by atoms with Gasteiger partial charge in [-0.2, -0.15) is 5.26 Å². The lowest BCUT2D eigenvalue weighted by molar-refractivity contribution is 0.738. The number of nitrogens with zero attached hydrogens (tertiary/aromatic N) is 1. The Morgan fingerprint density at radius 3 is 2.80 bits per heavy atom. The normalized spacial score (nSPS) is 9.67. The molecule has 1 aromatic rings. The van der Waals surface area contributed by atoms with Crippen LogP contribution in [0, 0.1) is 18.3 Å². The zero-order chi connectivity index (χ0) is 11.1. The summed E-state index contributed by atoms with van der Waals surface area (Å²) in [6.45, 7) is 6.81.